The fraction of sp³-hybridized carbons (Fsp3) is 0.273. The smallest absolute Gasteiger partial charge is 0.264 e. The number of amides is 1. The first-order chi connectivity index (χ1) is 14.2. The predicted molar refractivity (Wildman–Crippen MR) is 114 cm³/mol. The van der Waals surface area contributed by atoms with Crippen LogP contribution in [0.1, 0.15) is 24.6 Å². The third-order valence-electron chi connectivity index (χ3n) is 5.26. The summed E-state index contributed by atoms with van der Waals surface area (Å²) in [6.45, 7) is 1.63. The van der Waals surface area contributed by atoms with Gasteiger partial charge in [0.05, 0.1) is 11.2 Å². The molecule has 1 atom stereocenters. The molecule has 0 aliphatic heterocycles. The molecule has 0 spiro atoms. The van der Waals surface area contributed by atoms with Crippen LogP contribution in [-0.4, -0.2) is 35.5 Å². The molecular formula is C22H24N2O5S. The van der Waals surface area contributed by atoms with Crippen LogP contribution in [0.25, 0.3) is 10.9 Å². The Balaban J connectivity index is 1.62. The minimum absolute atomic E-state index is 0.0411. The molecule has 2 N–H and O–H groups in total. The van der Waals surface area contributed by atoms with E-state index in [9.17, 15) is 13.2 Å². The lowest BCUT2D eigenvalue weighted by molar-refractivity contribution is -0.131. The van der Waals surface area contributed by atoms with Crippen molar-refractivity contribution in [2.45, 2.75) is 31.1 Å². The van der Waals surface area contributed by atoms with Crippen molar-refractivity contribution in [1.82, 2.24) is 10.5 Å². The number of fused-ring (bicyclic) bond motifs is 1. The molecule has 7 nitrogen and oxygen atoms in total. The monoisotopic (exact) mass is 428 g/mol. The highest BCUT2D eigenvalue weighted by Gasteiger charge is 2.43. The van der Waals surface area contributed by atoms with Gasteiger partial charge in [-0.2, -0.15) is 0 Å². The SMILES string of the molecule is CC(CCc1ccc(OCc2ccc3ccccc3n2)cc1)(C(=O)NO)S(C)(=O)=O. The Hall–Kier alpha value is -2.97. The number of rotatable bonds is 8. The fourth-order valence-electron chi connectivity index (χ4n) is 3.07. The molecule has 158 valence electrons. The van der Waals surface area contributed by atoms with E-state index in [1.54, 1.807) is 12.1 Å². The van der Waals surface area contributed by atoms with Crippen molar-refractivity contribution in [3.8, 4) is 5.75 Å². The maximum absolute atomic E-state index is 12.0. The summed E-state index contributed by atoms with van der Waals surface area (Å²) in [5.74, 6) is -0.277. The molecule has 0 bridgehead atoms. The van der Waals surface area contributed by atoms with Gasteiger partial charge >= 0.3 is 0 Å². The molecule has 1 heterocycles. The average Bonchev–Trinajstić information content (AvgIpc) is 2.75. The first kappa shape index (κ1) is 21.7. The van der Waals surface area contributed by atoms with Crippen molar-refractivity contribution in [2.75, 3.05) is 6.26 Å². The van der Waals surface area contributed by atoms with Gasteiger partial charge in [0.15, 0.2) is 9.84 Å². The highest BCUT2D eigenvalue weighted by molar-refractivity contribution is 7.92. The number of hydrogen-bond acceptors (Lipinski definition) is 6. The van der Waals surface area contributed by atoms with E-state index in [-0.39, 0.29) is 6.42 Å². The van der Waals surface area contributed by atoms with Crippen LogP contribution in [0.2, 0.25) is 0 Å². The normalized spacial score (nSPS) is 13.6. The zero-order chi connectivity index (χ0) is 21.8. The summed E-state index contributed by atoms with van der Waals surface area (Å²) in [6, 6.07) is 19.0. The van der Waals surface area contributed by atoms with Gasteiger partial charge < -0.3 is 4.74 Å². The first-order valence-corrected chi connectivity index (χ1v) is 11.3. The second-order valence-electron chi connectivity index (χ2n) is 7.37. The summed E-state index contributed by atoms with van der Waals surface area (Å²) in [6.07, 6.45) is 1.38. The van der Waals surface area contributed by atoms with Gasteiger partial charge in [0.25, 0.3) is 5.91 Å². The molecule has 8 heteroatoms. The van der Waals surface area contributed by atoms with Gasteiger partial charge in [-0.3, -0.25) is 10.0 Å². The molecule has 0 aliphatic carbocycles. The summed E-state index contributed by atoms with van der Waals surface area (Å²) >= 11 is 0. The molecular weight excluding hydrogens is 404 g/mol. The highest BCUT2D eigenvalue weighted by atomic mass is 32.2. The van der Waals surface area contributed by atoms with E-state index in [4.69, 9.17) is 9.94 Å². The lowest BCUT2D eigenvalue weighted by Crippen LogP contribution is -2.49. The number of aromatic nitrogens is 1. The Kier molecular flexibility index (Phi) is 6.38. The van der Waals surface area contributed by atoms with Crippen LogP contribution in [0.15, 0.2) is 60.7 Å². The van der Waals surface area contributed by atoms with E-state index >= 15 is 0 Å². The van der Waals surface area contributed by atoms with E-state index in [2.05, 4.69) is 4.98 Å². The van der Waals surface area contributed by atoms with Gasteiger partial charge in [0.2, 0.25) is 0 Å². The number of pyridine rings is 1. The van der Waals surface area contributed by atoms with Crippen molar-refractivity contribution in [3.05, 3.63) is 71.9 Å². The molecule has 3 aromatic rings. The van der Waals surface area contributed by atoms with Gasteiger partial charge in [0, 0.05) is 11.6 Å². The van der Waals surface area contributed by atoms with Crippen LogP contribution >= 0.6 is 0 Å². The number of carbonyl (C=O) groups is 1. The number of para-hydroxylation sites is 1. The van der Waals surface area contributed by atoms with Gasteiger partial charge in [0.1, 0.15) is 17.1 Å². The molecule has 0 saturated carbocycles. The van der Waals surface area contributed by atoms with Crippen LogP contribution in [0.4, 0.5) is 0 Å². The largest absolute Gasteiger partial charge is 0.487 e. The Morgan fingerprint density at radius 2 is 1.80 bits per heavy atom. The molecule has 3 rings (SSSR count). The summed E-state index contributed by atoms with van der Waals surface area (Å²) in [5.41, 5.74) is 4.04. The van der Waals surface area contributed by atoms with Crippen LogP contribution in [0.3, 0.4) is 0 Å². The number of hydrogen-bond donors (Lipinski definition) is 2. The molecule has 1 unspecified atom stereocenters. The third kappa shape index (κ3) is 4.77. The second-order valence-corrected chi connectivity index (χ2v) is 9.82. The molecule has 0 fully saturated rings. The molecule has 0 aliphatic rings. The van der Waals surface area contributed by atoms with Crippen LogP contribution < -0.4 is 10.2 Å². The summed E-state index contributed by atoms with van der Waals surface area (Å²) in [4.78, 5) is 16.5. The number of sulfone groups is 1. The lowest BCUT2D eigenvalue weighted by atomic mass is 9.99. The predicted octanol–water partition coefficient (Wildman–Crippen LogP) is 3.06. The molecule has 0 saturated heterocycles. The van der Waals surface area contributed by atoms with E-state index in [1.165, 1.54) is 12.4 Å². The highest BCUT2D eigenvalue weighted by Crippen LogP contribution is 2.24. The number of nitrogens with zero attached hydrogens (tertiary/aromatic N) is 1. The Bertz CT molecular complexity index is 1150. The zero-order valence-electron chi connectivity index (χ0n) is 16.8. The minimum atomic E-state index is -3.71. The third-order valence-corrected chi connectivity index (χ3v) is 7.28. The van der Waals surface area contributed by atoms with Crippen molar-refractivity contribution >= 4 is 26.6 Å². The zero-order valence-corrected chi connectivity index (χ0v) is 17.6. The lowest BCUT2D eigenvalue weighted by Gasteiger charge is -2.25. The van der Waals surface area contributed by atoms with Crippen molar-refractivity contribution in [1.29, 1.82) is 0 Å². The van der Waals surface area contributed by atoms with Gasteiger partial charge in [-0.15, -0.1) is 0 Å². The number of carbonyl (C=O) groups excluding carboxylic acids is 1. The average molecular weight is 429 g/mol. The quantitative estimate of drug-likeness (QED) is 0.422. The van der Waals surface area contributed by atoms with E-state index in [0.29, 0.717) is 18.8 Å². The standard InChI is InChI=1S/C22H24N2O5S/c1-22(21(25)24-26,30(2,27)28)14-13-16-7-11-19(12-8-16)29-15-18-10-9-17-5-3-4-6-20(17)23-18/h3-12,26H,13-15H2,1-2H3,(H,24,25). The number of aryl methyl sites for hydroxylation is 1. The van der Waals surface area contributed by atoms with Gasteiger partial charge in [-0.25, -0.2) is 18.9 Å². The maximum Gasteiger partial charge on any atom is 0.264 e. The van der Waals surface area contributed by atoms with Gasteiger partial charge in [-0.1, -0.05) is 36.4 Å². The number of benzene rings is 2. The minimum Gasteiger partial charge on any atom is -0.487 e. The van der Waals surface area contributed by atoms with Crippen molar-refractivity contribution in [2.24, 2.45) is 0 Å². The van der Waals surface area contributed by atoms with Crippen LogP contribution in [-0.2, 0) is 27.7 Å². The van der Waals surface area contributed by atoms with Crippen LogP contribution in [0.5, 0.6) is 5.75 Å². The fourth-order valence-corrected chi connectivity index (χ4v) is 3.92. The summed E-state index contributed by atoms with van der Waals surface area (Å²) in [7, 11) is -3.71. The number of ether oxygens (including phenoxy) is 1. The molecule has 1 aromatic heterocycles. The molecule has 1 amide bonds. The summed E-state index contributed by atoms with van der Waals surface area (Å²) < 4.78 is 28.2. The van der Waals surface area contributed by atoms with Gasteiger partial charge in [-0.05, 0) is 49.6 Å². The molecule has 0 radical (unpaired) electrons. The van der Waals surface area contributed by atoms with E-state index in [1.807, 2.05) is 48.5 Å². The molecule has 2 aromatic carbocycles. The topological polar surface area (TPSA) is 106 Å². The summed E-state index contributed by atoms with van der Waals surface area (Å²) in [5, 5.41) is 9.96. The number of nitrogens with one attached hydrogen (secondary N) is 1. The maximum atomic E-state index is 12.0. The first-order valence-electron chi connectivity index (χ1n) is 9.43. The molecule has 30 heavy (non-hydrogen) atoms. The van der Waals surface area contributed by atoms with E-state index in [0.717, 1.165) is 28.4 Å². The number of hydroxylamine groups is 1. The van der Waals surface area contributed by atoms with Crippen molar-refractivity contribution < 1.29 is 23.2 Å². The second kappa shape index (κ2) is 8.81. The van der Waals surface area contributed by atoms with Crippen molar-refractivity contribution in [3.63, 3.8) is 0 Å². The van der Waals surface area contributed by atoms with E-state index < -0.39 is 20.5 Å². The Labute approximate surface area is 175 Å². The Morgan fingerprint density at radius 1 is 1.10 bits per heavy atom. The Morgan fingerprint density at radius 3 is 2.47 bits per heavy atom. The van der Waals surface area contributed by atoms with Crippen LogP contribution in [0, 0.1) is 0 Å².